The number of aryl methyl sites for hydroxylation is 1. The van der Waals surface area contributed by atoms with E-state index < -0.39 is 11.9 Å². The second-order valence-electron chi connectivity index (χ2n) is 5.67. The van der Waals surface area contributed by atoms with Gasteiger partial charge >= 0.3 is 11.9 Å². The van der Waals surface area contributed by atoms with E-state index in [1.54, 1.807) is 0 Å². The zero-order chi connectivity index (χ0) is 19.8. The molecule has 1 heterocycles. The fourth-order valence-corrected chi connectivity index (χ4v) is 2.71. The van der Waals surface area contributed by atoms with Crippen molar-refractivity contribution in [3.8, 4) is 11.3 Å². The van der Waals surface area contributed by atoms with E-state index in [4.69, 9.17) is 36.5 Å². The first-order valence-corrected chi connectivity index (χ1v) is 8.64. The van der Waals surface area contributed by atoms with Gasteiger partial charge < -0.3 is 15.5 Å². The summed E-state index contributed by atoms with van der Waals surface area (Å²) in [6.07, 6.45) is 1.05. The van der Waals surface area contributed by atoms with Crippen molar-refractivity contribution in [3.63, 3.8) is 0 Å². The molecule has 0 radical (unpaired) electrons. The molecule has 2 aromatic carbocycles. The topological polar surface area (TPSA) is 104 Å². The SMILES string of the molecule is CNCCCn1nc(-c2ccccc2)c2cc(Cl)ccc21.O=C(O)C(=O)O. The lowest BCUT2D eigenvalue weighted by molar-refractivity contribution is -0.159. The van der Waals surface area contributed by atoms with Crippen molar-refractivity contribution in [1.29, 1.82) is 0 Å². The smallest absolute Gasteiger partial charge is 0.414 e. The predicted molar refractivity (Wildman–Crippen MR) is 104 cm³/mol. The average Bonchev–Trinajstić information content (AvgIpc) is 3.01. The fourth-order valence-electron chi connectivity index (χ4n) is 2.54. The molecule has 0 aliphatic heterocycles. The summed E-state index contributed by atoms with van der Waals surface area (Å²) in [5.74, 6) is -3.65. The molecule has 7 nitrogen and oxygen atoms in total. The van der Waals surface area contributed by atoms with Gasteiger partial charge in [0.2, 0.25) is 0 Å². The van der Waals surface area contributed by atoms with Gasteiger partial charge in [-0.15, -0.1) is 0 Å². The summed E-state index contributed by atoms with van der Waals surface area (Å²) in [6, 6.07) is 16.2. The lowest BCUT2D eigenvalue weighted by Crippen LogP contribution is -2.11. The zero-order valence-corrected chi connectivity index (χ0v) is 15.5. The Morgan fingerprint density at radius 2 is 1.78 bits per heavy atom. The number of aliphatic carboxylic acids is 2. The van der Waals surface area contributed by atoms with Crippen LogP contribution in [0.2, 0.25) is 5.02 Å². The summed E-state index contributed by atoms with van der Waals surface area (Å²) < 4.78 is 2.07. The van der Waals surface area contributed by atoms with Gasteiger partial charge in [-0.25, -0.2) is 9.59 Å². The molecule has 0 fully saturated rings. The standard InChI is InChI=1S/C17H18ClN3.C2H2O4/c1-19-10-5-11-21-16-9-8-14(18)12-15(16)17(20-21)13-6-3-2-4-7-13;3-1(4)2(5)6/h2-4,6-9,12,19H,5,10-11H2,1H3;(H,3,4)(H,5,6). The molecule has 0 aliphatic carbocycles. The van der Waals surface area contributed by atoms with Crippen LogP contribution in [0.15, 0.2) is 48.5 Å². The number of rotatable bonds is 5. The number of benzene rings is 2. The number of carbonyl (C=O) groups is 2. The lowest BCUT2D eigenvalue weighted by atomic mass is 10.1. The van der Waals surface area contributed by atoms with E-state index in [2.05, 4.69) is 28.2 Å². The second kappa shape index (κ2) is 9.70. The van der Waals surface area contributed by atoms with Crippen LogP contribution >= 0.6 is 11.6 Å². The van der Waals surface area contributed by atoms with E-state index in [0.29, 0.717) is 0 Å². The van der Waals surface area contributed by atoms with Crippen LogP contribution in [0.5, 0.6) is 0 Å². The maximum Gasteiger partial charge on any atom is 0.414 e. The number of halogens is 1. The molecule has 27 heavy (non-hydrogen) atoms. The number of aromatic nitrogens is 2. The normalized spacial score (nSPS) is 10.3. The number of nitrogens with zero attached hydrogens (tertiary/aromatic N) is 2. The van der Waals surface area contributed by atoms with Crippen LogP contribution in [0.1, 0.15) is 6.42 Å². The van der Waals surface area contributed by atoms with E-state index in [1.165, 1.54) is 0 Å². The number of carboxylic acids is 2. The highest BCUT2D eigenvalue weighted by Gasteiger charge is 2.12. The molecule has 0 saturated carbocycles. The Hall–Kier alpha value is -2.90. The first kappa shape index (κ1) is 20.4. The monoisotopic (exact) mass is 389 g/mol. The Balaban J connectivity index is 0.000000380. The molecule has 0 unspecified atom stereocenters. The number of hydrogen-bond donors (Lipinski definition) is 3. The van der Waals surface area contributed by atoms with Crippen LogP contribution in [0.25, 0.3) is 22.2 Å². The first-order valence-electron chi connectivity index (χ1n) is 8.26. The molecule has 0 amide bonds. The Morgan fingerprint density at radius 3 is 2.37 bits per heavy atom. The molecular weight excluding hydrogens is 370 g/mol. The number of carboxylic acid groups (broad SMARTS) is 2. The molecule has 0 bridgehead atoms. The molecule has 0 aliphatic rings. The van der Waals surface area contributed by atoms with Gasteiger partial charge in [-0.05, 0) is 38.2 Å². The van der Waals surface area contributed by atoms with Crippen molar-refractivity contribution in [1.82, 2.24) is 15.1 Å². The molecule has 3 aromatic rings. The highest BCUT2D eigenvalue weighted by Crippen LogP contribution is 2.30. The van der Waals surface area contributed by atoms with Crippen molar-refractivity contribution in [2.45, 2.75) is 13.0 Å². The first-order chi connectivity index (χ1) is 12.9. The van der Waals surface area contributed by atoms with E-state index in [-0.39, 0.29) is 0 Å². The summed E-state index contributed by atoms with van der Waals surface area (Å²) in [6.45, 7) is 1.88. The van der Waals surface area contributed by atoms with E-state index in [9.17, 15) is 0 Å². The number of nitrogens with one attached hydrogen (secondary N) is 1. The van der Waals surface area contributed by atoms with Gasteiger partial charge in [-0.1, -0.05) is 41.9 Å². The number of fused-ring (bicyclic) bond motifs is 1. The largest absolute Gasteiger partial charge is 0.473 e. The van der Waals surface area contributed by atoms with Crippen LogP contribution in [0.4, 0.5) is 0 Å². The highest BCUT2D eigenvalue weighted by molar-refractivity contribution is 6.31. The molecule has 8 heteroatoms. The molecule has 0 atom stereocenters. The van der Waals surface area contributed by atoms with Gasteiger partial charge in [0.15, 0.2) is 0 Å². The minimum atomic E-state index is -1.82. The third-order valence-electron chi connectivity index (χ3n) is 3.74. The van der Waals surface area contributed by atoms with E-state index >= 15 is 0 Å². The van der Waals surface area contributed by atoms with Crippen molar-refractivity contribution >= 4 is 34.4 Å². The second-order valence-corrected chi connectivity index (χ2v) is 6.10. The molecule has 1 aromatic heterocycles. The Morgan fingerprint density at radius 1 is 1.11 bits per heavy atom. The van der Waals surface area contributed by atoms with E-state index in [0.717, 1.165) is 46.7 Å². The summed E-state index contributed by atoms with van der Waals surface area (Å²) in [5.41, 5.74) is 3.25. The van der Waals surface area contributed by atoms with Gasteiger partial charge in [-0.2, -0.15) is 5.10 Å². The maximum absolute atomic E-state index is 9.10. The van der Waals surface area contributed by atoms with Crippen LogP contribution in [-0.4, -0.2) is 45.5 Å². The van der Waals surface area contributed by atoms with Crippen molar-refractivity contribution in [2.75, 3.05) is 13.6 Å². The van der Waals surface area contributed by atoms with Gasteiger partial charge in [-0.3, -0.25) is 4.68 Å². The Labute approximate surface area is 161 Å². The van der Waals surface area contributed by atoms with Gasteiger partial charge in [0.1, 0.15) is 5.69 Å². The van der Waals surface area contributed by atoms with Crippen molar-refractivity contribution < 1.29 is 19.8 Å². The third-order valence-corrected chi connectivity index (χ3v) is 3.97. The molecule has 142 valence electrons. The summed E-state index contributed by atoms with van der Waals surface area (Å²) >= 11 is 6.17. The van der Waals surface area contributed by atoms with Crippen molar-refractivity contribution in [3.05, 3.63) is 53.6 Å². The summed E-state index contributed by atoms with van der Waals surface area (Å²) in [7, 11) is 1.97. The van der Waals surface area contributed by atoms with Crippen molar-refractivity contribution in [2.24, 2.45) is 0 Å². The fraction of sp³-hybridized carbons (Fsp3) is 0.211. The molecule has 0 saturated heterocycles. The highest BCUT2D eigenvalue weighted by atomic mass is 35.5. The van der Waals surface area contributed by atoms with Gasteiger partial charge in [0.25, 0.3) is 0 Å². The quantitative estimate of drug-likeness (QED) is 0.457. The lowest BCUT2D eigenvalue weighted by Gasteiger charge is -2.02. The molecular formula is C19H20ClN3O4. The average molecular weight is 390 g/mol. The minimum Gasteiger partial charge on any atom is -0.473 e. The van der Waals surface area contributed by atoms with Crippen LogP contribution in [-0.2, 0) is 16.1 Å². The molecule has 3 N–H and O–H groups in total. The van der Waals surface area contributed by atoms with Gasteiger partial charge in [0, 0.05) is 22.5 Å². The Kier molecular flexibility index (Phi) is 7.34. The van der Waals surface area contributed by atoms with E-state index in [1.807, 2.05) is 37.4 Å². The summed E-state index contributed by atoms with van der Waals surface area (Å²) in [5, 5.41) is 24.6. The Bertz CT molecular complexity index is 913. The number of hydrogen-bond acceptors (Lipinski definition) is 4. The third kappa shape index (κ3) is 5.54. The molecule has 3 rings (SSSR count). The van der Waals surface area contributed by atoms with Crippen LogP contribution < -0.4 is 5.32 Å². The van der Waals surface area contributed by atoms with Gasteiger partial charge in [0.05, 0.1) is 5.52 Å². The maximum atomic E-state index is 9.10. The summed E-state index contributed by atoms with van der Waals surface area (Å²) in [4.78, 5) is 18.2. The minimum absolute atomic E-state index is 0.745. The molecule has 0 spiro atoms. The zero-order valence-electron chi connectivity index (χ0n) is 14.7. The van der Waals surface area contributed by atoms with Crippen LogP contribution in [0.3, 0.4) is 0 Å². The van der Waals surface area contributed by atoms with Crippen LogP contribution in [0, 0.1) is 0 Å². The predicted octanol–water partition coefficient (Wildman–Crippen LogP) is 3.12.